The smallest absolute Gasteiger partial charge is 0.149 e. The minimum Gasteiger partial charge on any atom is -0.381 e. The summed E-state index contributed by atoms with van der Waals surface area (Å²) in [6, 6.07) is 3.92. The van der Waals surface area contributed by atoms with Crippen molar-refractivity contribution in [1.82, 2.24) is 5.32 Å². The maximum atomic E-state index is 13.1. The zero-order valence-corrected chi connectivity index (χ0v) is 8.98. The van der Waals surface area contributed by atoms with Crippen molar-refractivity contribution in [3.05, 3.63) is 29.8 Å². The van der Waals surface area contributed by atoms with Crippen molar-refractivity contribution in [2.75, 3.05) is 18.4 Å². The molecule has 0 aromatic heterocycles. The van der Waals surface area contributed by atoms with Gasteiger partial charge in [-0.15, -0.1) is 0 Å². The average molecular weight is 214 g/mol. The standard InChI is InChI=1S/C11H16F2N2/c1-8(2)14-5-6-15-11-4-3-9(12)7-10(11)13/h3-4,7-8,14-15H,5-6H2,1-2H3. The zero-order chi connectivity index (χ0) is 11.3. The van der Waals surface area contributed by atoms with Gasteiger partial charge in [0.2, 0.25) is 0 Å². The van der Waals surface area contributed by atoms with Crippen LogP contribution >= 0.6 is 0 Å². The molecule has 2 nitrogen and oxygen atoms in total. The number of halogens is 2. The Morgan fingerprint density at radius 1 is 1.20 bits per heavy atom. The molecule has 0 unspecified atom stereocenters. The van der Waals surface area contributed by atoms with Gasteiger partial charge in [-0.05, 0) is 12.1 Å². The van der Waals surface area contributed by atoms with E-state index in [-0.39, 0.29) is 0 Å². The molecule has 1 aromatic rings. The van der Waals surface area contributed by atoms with Crippen molar-refractivity contribution in [2.24, 2.45) is 0 Å². The van der Waals surface area contributed by atoms with Crippen LogP contribution in [0, 0.1) is 11.6 Å². The molecule has 0 atom stereocenters. The number of benzene rings is 1. The third-order valence-corrected chi connectivity index (χ3v) is 1.92. The van der Waals surface area contributed by atoms with E-state index in [1.165, 1.54) is 12.1 Å². The van der Waals surface area contributed by atoms with Gasteiger partial charge in [0.05, 0.1) is 5.69 Å². The minimum absolute atomic E-state index is 0.335. The number of anilines is 1. The highest BCUT2D eigenvalue weighted by Gasteiger charge is 2.02. The Balaban J connectivity index is 2.37. The molecule has 0 heterocycles. The van der Waals surface area contributed by atoms with Crippen molar-refractivity contribution in [3.63, 3.8) is 0 Å². The molecule has 0 bridgehead atoms. The highest BCUT2D eigenvalue weighted by Crippen LogP contribution is 2.14. The molecule has 0 aliphatic rings. The molecular weight excluding hydrogens is 198 g/mol. The van der Waals surface area contributed by atoms with E-state index in [0.717, 1.165) is 12.6 Å². The Hall–Kier alpha value is -1.16. The van der Waals surface area contributed by atoms with Crippen molar-refractivity contribution in [3.8, 4) is 0 Å². The Labute approximate surface area is 88.7 Å². The summed E-state index contributed by atoms with van der Waals surface area (Å²) >= 11 is 0. The second-order valence-electron chi connectivity index (χ2n) is 3.66. The number of nitrogens with one attached hydrogen (secondary N) is 2. The lowest BCUT2D eigenvalue weighted by Gasteiger charge is -2.10. The maximum Gasteiger partial charge on any atom is 0.149 e. The van der Waals surface area contributed by atoms with Gasteiger partial charge in [-0.3, -0.25) is 0 Å². The average Bonchev–Trinajstić information content (AvgIpc) is 2.14. The molecule has 0 aliphatic carbocycles. The molecular formula is C11H16F2N2. The van der Waals surface area contributed by atoms with Gasteiger partial charge in [-0.1, -0.05) is 13.8 Å². The van der Waals surface area contributed by atoms with Gasteiger partial charge in [0.15, 0.2) is 0 Å². The summed E-state index contributed by atoms with van der Waals surface area (Å²) in [5, 5.41) is 6.08. The van der Waals surface area contributed by atoms with E-state index in [9.17, 15) is 8.78 Å². The highest BCUT2D eigenvalue weighted by atomic mass is 19.1. The molecule has 15 heavy (non-hydrogen) atoms. The first-order valence-corrected chi connectivity index (χ1v) is 5.02. The molecule has 0 radical (unpaired) electrons. The highest BCUT2D eigenvalue weighted by molar-refractivity contribution is 5.44. The summed E-state index contributed by atoms with van der Waals surface area (Å²) < 4.78 is 25.7. The van der Waals surface area contributed by atoms with Gasteiger partial charge in [0.25, 0.3) is 0 Å². The van der Waals surface area contributed by atoms with Crippen LogP contribution in [0.3, 0.4) is 0 Å². The van der Waals surface area contributed by atoms with Gasteiger partial charge in [-0.2, -0.15) is 0 Å². The summed E-state index contributed by atoms with van der Waals surface area (Å²) in [6.07, 6.45) is 0. The van der Waals surface area contributed by atoms with Gasteiger partial charge >= 0.3 is 0 Å². The molecule has 0 amide bonds. The predicted molar refractivity (Wildman–Crippen MR) is 58.0 cm³/mol. The van der Waals surface area contributed by atoms with E-state index < -0.39 is 11.6 Å². The van der Waals surface area contributed by atoms with Crippen LogP contribution < -0.4 is 10.6 Å². The lowest BCUT2D eigenvalue weighted by molar-refractivity contribution is 0.581. The quantitative estimate of drug-likeness (QED) is 0.735. The summed E-state index contributed by atoms with van der Waals surface area (Å²) in [7, 11) is 0. The van der Waals surface area contributed by atoms with Gasteiger partial charge in [0, 0.05) is 25.2 Å². The normalized spacial score (nSPS) is 10.7. The lowest BCUT2D eigenvalue weighted by atomic mass is 10.3. The molecule has 0 fully saturated rings. The summed E-state index contributed by atoms with van der Waals surface area (Å²) in [4.78, 5) is 0. The SMILES string of the molecule is CC(C)NCCNc1ccc(F)cc1F. The molecule has 4 heteroatoms. The van der Waals surface area contributed by atoms with E-state index in [1.807, 2.05) is 13.8 Å². The van der Waals surface area contributed by atoms with Crippen LogP contribution in [0.15, 0.2) is 18.2 Å². The molecule has 1 aromatic carbocycles. The minimum atomic E-state index is -0.557. The Bertz CT molecular complexity index is 313. The fourth-order valence-corrected chi connectivity index (χ4v) is 1.19. The first kappa shape index (κ1) is 11.9. The van der Waals surface area contributed by atoms with Crippen LogP contribution in [0.4, 0.5) is 14.5 Å². The van der Waals surface area contributed by atoms with E-state index in [1.54, 1.807) is 0 Å². The number of hydrogen-bond acceptors (Lipinski definition) is 2. The Kier molecular flexibility index (Phi) is 4.49. The van der Waals surface area contributed by atoms with Crippen molar-refractivity contribution < 1.29 is 8.78 Å². The molecule has 0 spiro atoms. The van der Waals surface area contributed by atoms with Crippen LogP contribution in [0.1, 0.15) is 13.8 Å². The van der Waals surface area contributed by atoms with E-state index in [2.05, 4.69) is 10.6 Å². The van der Waals surface area contributed by atoms with E-state index >= 15 is 0 Å². The molecule has 0 saturated carbocycles. The predicted octanol–water partition coefficient (Wildman–Crippen LogP) is 2.37. The molecule has 84 valence electrons. The molecule has 0 aliphatic heterocycles. The van der Waals surface area contributed by atoms with Gasteiger partial charge in [-0.25, -0.2) is 8.78 Å². The van der Waals surface area contributed by atoms with E-state index in [4.69, 9.17) is 0 Å². The van der Waals surface area contributed by atoms with Crippen LogP contribution in [0.25, 0.3) is 0 Å². The first-order chi connectivity index (χ1) is 7.09. The summed E-state index contributed by atoms with van der Waals surface area (Å²) in [6.45, 7) is 5.44. The monoisotopic (exact) mass is 214 g/mol. The topological polar surface area (TPSA) is 24.1 Å². The Morgan fingerprint density at radius 2 is 1.93 bits per heavy atom. The van der Waals surface area contributed by atoms with Crippen molar-refractivity contribution in [1.29, 1.82) is 0 Å². The molecule has 2 N–H and O–H groups in total. The van der Waals surface area contributed by atoms with Crippen LogP contribution in [0.5, 0.6) is 0 Å². The van der Waals surface area contributed by atoms with Gasteiger partial charge in [0.1, 0.15) is 11.6 Å². The summed E-state index contributed by atoms with van der Waals surface area (Å²) in [5.41, 5.74) is 0.335. The molecule has 1 rings (SSSR count). The Morgan fingerprint density at radius 3 is 2.53 bits per heavy atom. The number of hydrogen-bond donors (Lipinski definition) is 2. The first-order valence-electron chi connectivity index (χ1n) is 5.02. The zero-order valence-electron chi connectivity index (χ0n) is 8.98. The second kappa shape index (κ2) is 5.66. The lowest BCUT2D eigenvalue weighted by Crippen LogP contribution is -2.28. The van der Waals surface area contributed by atoms with E-state index in [0.29, 0.717) is 18.3 Å². The summed E-state index contributed by atoms with van der Waals surface area (Å²) in [5.74, 6) is -1.11. The largest absolute Gasteiger partial charge is 0.381 e. The second-order valence-corrected chi connectivity index (χ2v) is 3.66. The van der Waals surface area contributed by atoms with Crippen molar-refractivity contribution >= 4 is 5.69 Å². The maximum absolute atomic E-state index is 13.1. The van der Waals surface area contributed by atoms with Crippen LogP contribution in [-0.2, 0) is 0 Å². The third kappa shape index (κ3) is 4.25. The molecule has 0 saturated heterocycles. The van der Waals surface area contributed by atoms with Crippen LogP contribution in [0.2, 0.25) is 0 Å². The fourth-order valence-electron chi connectivity index (χ4n) is 1.19. The fraction of sp³-hybridized carbons (Fsp3) is 0.455. The van der Waals surface area contributed by atoms with Crippen LogP contribution in [-0.4, -0.2) is 19.1 Å². The third-order valence-electron chi connectivity index (χ3n) is 1.92. The number of rotatable bonds is 5. The van der Waals surface area contributed by atoms with Gasteiger partial charge < -0.3 is 10.6 Å². The van der Waals surface area contributed by atoms with Crippen molar-refractivity contribution in [2.45, 2.75) is 19.9 Å².